The van der Waals surface area contributed by atoms with Gasteiger partial charge in [0.05, 0.1) is 6.61 Å². The number of hydrogen-bond acceptors (Lipinski definition) is 4. The summed E-state index contributed by atoms with van der Waals surface area (Å²) in [5.41, 5.74) is 4.87. The van der Waals surface area contributed by atoms with Crippen LogP contribution in [0.25, 0.3) is 0 Å². The number of carbonyl (C=O) groups excluding carboxylic acids is 1. The van der Waals surface area contributed by atoms with Gasteiger partial charge in [0.25, 0.3) is 0 Å². The highest BCUT2D eigenvalue weighted by Gasteiger charge is 2.35. The van der Waals surface area contributed by atoms with E-state index in [1.165, 1.54) is 0 Å². The van der Waals surface area contributed by atoms with Crippen LogP contribution < -0.4 is 5.73 Å². The highest BCUT2D eigenvalue weighted by atomic mass is 28.4. The first-order chi connectivity index (χ1) is 7.18. The number of amides is 1. The minimum atomic E-state index is -2.10. The molecule has 0 aromatic carbocycles. The number of primary amides is 1. The van der Waals surface area contributed by atoms with Gasteiger partial charge in [0.15, 0.2) is 8.32 Å². The van der Waals surface area contributed by atoms with E-state index in [2.05, 4.69) is 24.4 Å². The third kappa shape index (κ3) is 7.86. The highest BCUT2D eigenvalue weighted by Crippen LogP contribution is 2.20. The predicted octanol–water partition coefficient (Wildman–Crippen LogP) is 2.04. The molecule has 0 radical (unpaired) electrons. The molecule has 0 aliphatic carbocycles. The first-order valence-corrected chi connectivity index (χ1v) is 11.3. The Balaban J connectivity index is 4.02. The van der Waals surface area contributed by atoms with Crippen LogP contribution in [0.4, 0.5) is 4.79 Å². The molecule has 0 saturated carbocycles. The van der Waals surface area contributed by atoms with Gasteiger partial charge in [-0.25, -0.2) is 4.79 Å². The van der Waals surface area contributed by atoms with Crippen molar-refractivity contribution < 1.29 is 18.1 Å². The van der Waals surface area contributed by atoms with Crippen LogP contribution in [0.5, 0.6) is 0 Å². The molecule has 0 aromatic heterocycles. The van der Waals surface area contributed by atoms with Crippen molar-refractivity contribution in [1.82, 2.24) is 0 Å². The summed E-state index contributed by atoms with van der Waals surface area (Å²) in [6.07, 6.45) is -0.00355. The zero-order valence-corrected chi connectivity index (χ0v) is 12.8. The summed E-state index contributed by atoms with van der Waals surface area (Å²) in [6.45, 7) is 8.78. The molecule has 1 amide bonds. The number of hydrogen-bond donors (Lipinski definition) is 1. The number of carbonyl (C=O) groups is 1. The number of rotatable bonds is 7. The zero-order valence-electron chi connectivity index (χ0n) is 10.8. The minimum Gasteiger partial charge on any atom is -0.450 e. The lowest BCUT2D eigenvalue weighted by molar-refractivity contribution is 0.155. The molecule has 96 valence electrons. The molecule has 0 aliphatic rings. The maximum atomic E-state index is 10.4. The summed E-state index contributed by atoms with van der Waals surface area (Å²) in [6, 6.07) is 0.807. The molecule has 2 N–H and O–H groups in total. The van der Waals surface area contributed by atoms with E-state index < -0.39 is 23.0 Å². The Morgan fingerprint density at radius 1 is 1.25 bits per heavy atom. The summed E-state index contributed by atoms with van der Waals surface area (Å²) < 4.78 is 16.2. The fourth-order valence-electron chi connectivity index (χ4n) is 1.41. The zero-order chi connectivity index (χ0) is 12.8. The van der Waals surface area contributed by atoms with E-state index in [0.717, 1.165) is 12.5 Å². The van der Waals surface area contributed by atoms with Crippen LogP contribution in [0.1, 0.15) is 6.42 Å². The van der Waals surface area contributed by atoms with E-state index in [4.69, 9.17) is 14.3 Å². The average molecular weight is 265 g/mol. The van der Waals surface area contributed by atoms with E-state index in [-0.39, 0.29) is 0 Å². The van der Waals surface area contributed by atoms with Crippen molar-refractivity contribution in [3.63, 3.8) is 0 Å². The fourth-order valence-corrected chi connectivity index (χ4v) is 8.32. The Hall–Kier alpha value is -0.376. The van der Waals surface area contributed by atoms with Crippen molar-refractivity contribution in [2.24, 2.45) is 5.73 Å². The molecule has 7 heteroatoms. The van der Waals surface area contributed by atoms with E-state index in [1.807, 2.05) is 6.55 Å². The Bertz CT molecular complexity index is 232. The van der Waals surface area contributed by atoms with Crippen molar-refractivity contribution in [3.8, 4) is 0 Å². The Morgan fingerprint density at radius 2 is 1.81 bits per heavy atom. The first-order valence-electron chi connectivity index (χ1n) is 5.36. The lowest BCUT2D eigenvalue weighted by Gasteiger charge is -2.32. The maximum Gasteiger partial charge on any atom is 0.404 e. The van der Waals surface area contributed by atoms with Gasteiger partial charge in [-0.1, -0.05) is 0 Å². The van der Waals surface area contributed by atoms with E-state index in [1.54, 1.807) is 7.11 Å². The predicted molar refractivity (Wildman–Crippen MR) is 68.0 cm³/mol. The van der Waals surface area contributed by atoms with Crippen molar-refractivity contribution in [2.75, 3.05) is 13.7 Å². The Morgan fingerprint density at radius 3 is 2.19 bits per heavy atom. The van der Waals surface area contributed by atoms with Crippen LogP contribution in [-0.4, -0.2) is 36.7 Å². The lowest BCUT2D eigenvalue weighted by Crippen LogP contribution is -2.46. The monoisotopic (exact) mass is 265 g/mol. The van der Waals surface area contributed by atoms with Gasteiger partial charge in [0, 0.05) is 7.11 Å². The van der Waals surface area contributed by atoms with Gasteiger partial charge in [-0.3, -0.25) is 0 Å². The summed E-state index contributed by atoms with van der Waals surface area (Å²) in [5, 5.41) is 0. The molecular weight excluding hydrogens is 242 g/mol. The first kappa shape index (κ1) is 15.6. The molecule has 16 heavy (non-hydrogen) atoms. The summed E-state index contributed by atoms with van der Waals surface area (Å²) in [5.74, 6) is 0. The van der Waals surface area contributed by atoms with Gasteiger partial charge in [0.1, 0.15) is 0 Å². The molecule has 0 spiro atoms. The molecule has 1 atom stereocenters. The Kier molecular flexibility index (Phi) is 6.23. The van der Waals surface area contributed by atoms with Crippen molar-refractivity contribution in [3.05, 3.63) is 0 Å². The second-order valence-corrected chi connectivity index (χ2v) is 13.0. The molecule has 0 aromatic rings. The normalized spacial score (nSPS) is 15.6. The molecule has 0 heterocycles. The van der Waals surface area contributed by atoms with Gasteiger partial charge in [-0.2, -0.15) is 0 Å². The molecule has 1 unspecified atom stereocenters. The van der Waals surface area contributed by atoms with Crippen LogP contribution in [-0.2, 0) is 13.3 Å². The molecule has 0 saturated heterocycles. The Labute approximate surface area is 99.6 Å². The summed E-state index contributed by atoms with van der Waals surface area (Å²) in [7, 11) is -2.01. The minimum absolute atomic E-state index is 0.330. The standard InChI is InChI=1S/C9H23NO4Si2/c1-12-16(5,14-15(2,3)4)8-6-7-13-9(10)11/h6-8H2,1-5H3,(H2,10,11). The SMILES string of the molecule is CO[Si](C)(CCCOC(N)=O)O[Si](C)(C)C. The number of ether oxygens (including phenoxy) is 1. The van der Waals surface area contributed by atoms with Crippen LogP contribution in [0, 0.1) is 0 Å². The maximum absolute atomic E-state index is 10.4. The number of nitrogens with two attached hydrogens (primary N) is 1. The lowest BCUT2D eigenvalue weighted by atomic mass is 10.5. The fraction of sp³-hybridized carbons (Fsp3) is 0.889. The van der Waals surface area contributed by atoms with Crippen LogP contribution in [0.3, 0.4) is 0 Å². The highest BCUT2D eigenvalue weighted by molar-refractivity contribution is 6.81. The summed E-state index contributed by atoms with van der Waals surface area (Å²) in [4.78, 5) is 10.4. The van der Waals surface area contributed by atoms with Gasteiger partial charge < -0.3 is 19.0 Å². The topological polar surface area (TPSA) is 70.8 Å². The van der Waals surface area contributed by atoms with Crippen molar-refractivity contribution in [1.29, 1.82) is 0 Å². The van der Waals surface area contributed by atoms with E-state index in [9.17, 15) is 4.79 Å². The van der Waals surface area contributed by atoms with Gasteiger partial charge in [-0.05, 0) is 38.7 Å². The van der Waals surface area contributed by atoms with Gasteiger partial charge in [-0.15, -0.1) is 0 Å². The van der Waals surface area contributed by atoms with E-state index in [0.29, 0.717) is 6.61 Å². The van der Waals surface area contributed by atoms with Crippen molar-refractivity contribution >= 4 is 23.0 Å². The quantitative estimate of drug-likeness (QED) is 0.565. The molecule has 0 rings (SSSR count). The molecule has 0 fully saturated rings. The largest absolute Gasteiger partial charge is 0.450 e. The van der Waals surface area contributed by atoms with Crippen molar-refractivity contribution in [2.45, 2.75) is 38.7 Å². The van der Waals surface area contributed by atoms with Gasteiger partial charge >= 0.3 is 14.7 Å². The molecule has 0 bridgehead atoms. The third-order valence-electron chi connectivity index (χ3n) is 1.97. The molecule has 0 aliphatic heterocycles. The average Bonchev–Trinajstić information content (AvgIpc) is 2.09. The van der Waals surface area contributed by atoms with E-state index >= 15 is 0 Å². The second kappa shape index (κ2) is 6.38. The molecular formula is C9H23NO4Si2. The second-order valence-electron chi connectivity index (χ2n) is 4.82. The van der Waals surface area contributed by atoms with Gasteiger partial charge in [0.2, 0.25) is 0 Å². The summed E-state index contributed by atoms with van der Waals surface area (Å²) >= 11 is 0. The molecule has 5 nitrogen and oxygen atoms in total. The van der Waals surface area contributed by atoms with Crippen LogP contribution in [0.15, 0.2) is 0 Å². The third-order valence-corrected chi connectivity index (χ3v) is 8.28. The van der Waals surface area contributed by atoms with Crippen LogP contribution in [0.2, 0.25) is 32.2 Å². The smallest absolute Gasteiger partial charge is 0.404 e. The van der Waals surface area contributed by atoms with Crippen LogP contribution >= 0.6 is 0 Å².